The maximum Gasteiger partial charge on any atom is 0.344 e. The lowest BCUT2D eigenvalue weighted by Crippen LogP contribution is -2.27. The molecular weight excluding hydrogens is 428 g/mol. The van der Waals surface area contributed by atoms with E-state index in [-0.39, 0.29) is 21.9 Å². The van der Waals surface area contributed by atoms with Crippen LogP contribution in [0.5, 0.6) is 5.75 Å². The Balaban J connectivity index is 1.52. The Morgan fingerprint density at radius 1 is 1.00 bits per heavy atom. The van der Waals surface area contributed by atoms with Gasteiger partial charge in [0.05, 0.1) is 9.82 Å². The fourth-order valence-electron chi connectivity index (χ4n) is 3.03. The fraction of sp³-hybridized carbons (Fsp3) is 0.300. The Morgan fingerprint density at radius 2 is 1.65 bits per heavy atom. The number of ketones is 1. The van der Waals surface area contributed by atoms with Crippen LogP contribution in [0.3, 0.4) is 0 Å². The maximum atomic E-state index is 12.5. The average molecular weight is 448 g/mol. The van der Waals surface area contributed by atoms with Gasteiger partial charge in [-0.25, -0.2) is 13.2 Å². The molecule has 11 heteroatoms. The van der Waals surface area contributed by atoms with Crippen LogP contribution in [0.1, 0.15) is 23.2 Å². The van der Waals surface area contributed by atoms with E-state index in [2.05, 4.69) is 0 Å². The summed E-state index contributed by atoms with van der Waals surface area (Å²) in [6, 6.07) is 11.0. The second-order valence-electron chi connectivity index (χ2n) is 6.73. The van der Waals surface area contributed by atoms with Crippen molar-refractivity contribution in [1.82, 2.24) is 4.31 Å². The molecule has 31 heavy (non-hydrogen) atoms. The molecular formula is C20H20N2O8S. The fourth-order valence-corrected chi connectivity index (χ4v) is 4.55. The van der Waals surface area contributed by atoms with E-state index >= 15 is 0 Å². The summed E-state index contributed by atoms with van der Waals surface area (Å²) in [5.41, 5.74) is -0.108. The molecule has 0 radical (unpaired) electrons. The third-order valence-electron chi connectivity index (χ3n) is 4.65. The van der Waals surface area contributed by atoms with Crippen molar-refractivity contribution in [3.8, 4) is 5.75 Å². The van der Waals surface area contributed by atoms with Gasteiger partial charge in [-0.05, 0) is 43.2 Å². The molecule has 0 aromatic heterocycles. The van der Waals surface area contributed by atoms with Crippen LogP contribution in [-0.2, 0) is 19.6 Å². The van der Waals surface area contributed by atoms with Crippen molar-refractivity contribution in [1.29, 1.82) is 0 Å². The number of carbonyl (C=O) groups excluding carboxylic acids is 2. The standard InChI is InChI=1S/C20H20N2O8S/c23-18(13-30-20(24)14-29-19-6-2-1-5-17(19)22(25)26)15-7-9-16(10-8-15)31(27,28)21-11-3-4-12-21/h1-2,5-10H,3-4,11-14H2. The van der Waals surface area contributed by atoms with Crippen LogP contribution in [0.15, 0.2) is 53.4 Å². The zero-order valence-corrected chi connectivity index (χ0v) is 17.2. The monoisotopic (exact) mass is 448 g/mol. The summed E-state index contributed by atoms with van der Waals surface area (Å²) in [7, 11) is -3.58. The predicted octanol–water partition coefficient (Wildman–Crippen LogP) is 2.18. The topological polar surface area (TPSA) is 133 Å². The second kappa shape index (κ2) is 9.67. The Hall–Kier alpha value is -3.31. The van der Waals surface area contributed by atoms with Gasteiger partial charge in [0.1, 0.15) is 0 Å². The van der Waals surface area contributed by atoms with Gasteiger partial charge in [0.2, 0.25) is 10.0 Å². The summed E-state index contributed by atoms with van der Waals surface area (Å²) in [5.74, 6) is -1.49. The zero-order chi connectivity index (χ0) is 22.4. The molecule has 0 unspecified atom stereocenters. The van der Waals surface area contributed by atoms with Crippen molar-refractivity contribution < 1.29 is 32.4 Å². The number of benzene rings is 2. The lowest BCUT2D eigenvalue weighted by atomic mass is 10.1. The van der Waals surface area contributed by atoms with Crippen LogP contribution in [0, 0.1) is 10.1 Å². The number of nitro groups is 1. The summed E-state index contributed by atoms with van der Waals surface area (Å²) in [5, 5.41) is 10.9. The molecule has 0 spiro atoms. The van der Waals surface area contributed by atoms with E-state index in [1.165, 1.54) is 52.8 Å². The first-order valence-corrected chi connectivity index (χ1v) is 10.9. The molecule has 2 aromatic rings. The number of Topliss-reactive ketones (excluding diaryl/α,β-unsaturated/α-hetero) is 1. The van der Waals surface area contributed by atoms with Crippen molar-refractivity contribution in [2.45, 2.75) is 17.7 Å². The molecule has 164 valence electrons. The number of nitrogens with zero attached hydrogens (tertiary/aromatic N) is 2. The smallest absolute Gasteiger partial charge is 0.344 e. The van der Waals surface area contributed by atoms with Crippen LogP contribution in [0.2, 0.25) is 0 Å². The Bertz CT molecular complexity index is 1080. The van der Waals surface area contributed by atoms with Gasteiger partial charge in [-0.15, -0.1) is 0 Å². The Labute approximate surface area is 178 Å². The minimum Gasteiger partial charge on any atom is -0.475 e. The molecule has 1 aliphatic heterocycles. The summed E-state index contributed by atoms with van der Waals surface area (Å²) < 4.78 is 36.4. The van der Waals surface area contributed by atoms with Gasteiger partial charge < -0.3 is 9.47 Å². The Morgan fingerprint density at radius 3 is 2.29 bits per heavy atom. The Kier molecular flexibility index (Phi) is 6.98. The molecule has 1 saturated heterocycles. The molecule has 10 nitrogen and oxygen atoms in total. The zero-order valence-electron chi connectivity index (χ0n) is 16.4. The van der Waals surface area contributed by atoms with Crippen molar-refractivity contribution in [3.05, 3.63) is 64.2 Å². The largest absolute Gasteiger partial charge is 0.475 e. The molecule has 0 N–H and O–H groups in total. The van der Waals surface area contributed by atoms with Crippen LogP contribution in [0.4, 0.5) is 5.69 Å². The number of esters is 1. The second-order valence-corrected chi connectivity index (χ2v) is 8.67. The molecule has 0 saturated carbocycles. The number of rotatable bonds is 9. The molecule has 0 bridgehead atoms. The highest BCUT2D eigenvalue weighted by Crippen LogP contribution is 2.25. The minimum absolute atomic E-state index is 0.0921. The molecule has 3 rings (SSSR count). The number of nitro benzene ring substituents is 1. The first-order valence-electron chi connectivity index (χ1n) is 9.44. The number of hydrogen-bond donors (Lipinski definition) is 0. The summed E-state index contributed by atoms with van der Waals surface area (Å²) >= 11 is 0. The number of sulfonamides is 1. The molecule has 0 aliphatic carbocycles. The summed E-state index contributed by atoms with van der Waals surface area (Å²) in [4.78, 5) is 34.4. The van der Waals surface area contributed by atoms with Crippen LogP contribution in [-0.4, -0.2) is 55.7 Å². The van der Waals surface area contributed by atoms with Crippen LogP contribution < -0.4 is 4.74 Å². The molecule has 1 aliphatic rings. The molecule has 2 aromatic carbocycles. The lowest BCUT2D eigenvalue weighted by molar-refractivity contribution is -0.385. The average Bonchev–Trinajstić information content (AvgIpc) is 3.32. The highest BCUT2D eigenvalue weighted by molar-refractivity contribution is 7.89. The van der Waals surface area contributed by atoms with Gasteiger partial charge in [-0.3, -0.25) is 14.9 Å². The van der Waals surface area contributed by atoms with E-state index in [1.807, 2.05) is 0 Å². The minimum atomic E-state index is -3.58. The number of carbonyl (C=O) groups is 2. The van der Waals surface area contributed by atoms with E-state index in [4.69, 9.17) is 9.47 Å². The number of hydrogen-bond acceptors (Lipinski definition) is 8. The van der Waals surface area contributed by atoms with Crippen LogP contribution >= 0.6 is 0 Å². The van der Waals surface area contributed by atoms with Gasteiger partial charge in [-0.1, -0.05) is 12.1 Å². The third kappa shape index (κ3) is 5.44. The first kappa shape index (κ1) is 22.4. The van der Waals surface area contributed by atoms with Crippen molar-refractivity contribution in [2.75, 3.05) is 26.3 Å². The van der Waals surface area contributed by atoms with Gasteiger partial charge in [-0.2, -0.15) is 4.31 Å². The van der Waals surface area contributed by atoms with E-state index in [0.717, 1.165) is 12.8 Å². The van der Waals surface area contributed by atoms with E-state index in [1.54, 1.807) is 0 Å². The molecule has 1 heterocycles. The van der Waals surface area contributed by atoms with Gasteiger partial charge >= 0.3 is 11.7 Å². The quantitative estimate of drug-likeness (QED) is 0.247. The van der Waals surface area contributed by atoms with Crippen molar-refractivity contribution >= 4 is 27.5 Å². The normalized spacial score (nSPS) is 14.2. The number of ether oxygens (including phenoxy) is 2. The van der Waals surface area contributed by atoms with Gasteiger partial charge in [0.15, 0.2) is 24.7 Å². The SMILES string of the molecule is O=C(COc1ccccc1[N+](=O)[O-])OCC(=O)c1ccc(S(=O)(=O)N2CCCC2)cc1. The predicted molar refractivity (Wildman–Crippen MR) is 108 cm³/mol. The van der Waals surface area contributed by atoms with Gasteiger partial charge in [0, 0.05) is 24.7 Å². The van der Waals surface area contributed by atoms with Crippen molar-refractivity contribution in [3.63, 3.8) is 0 Å². The summed E-state index contributed by atoms with van der Waals surface area (Å²) in [6.07, 6.45) is 1.64. The maximum absolute atomic E-state index is 12.5. The van der Waals surface area contributed by atoms with E-state index in [9.17, 15) is 28.1 Å². The third-order valence-corrected chi connectivity index (χ3v) is 6.56. The van der Waals surface area contributed by atoms with E-state index < -0.39 is 39.9 Å². The molecule has 0 amide bonds. The highest BCUT2D eigenvalue weighted by Gasteiger charge is 2.27. The lowest BCUT2D eigenvalue weighted by Gasteiger charge is -2.15. The van der Waals surface area contributed by atoms with E-state index in [0.29, 0.717) is 13.1 Å². The highest BCUT2D eigenvalue weighted by atomic mass is 32.2. The van der Waals surface area contributed by atoms with Gasteiger partial charge in [0.25, 0.3) is 0 Å². The summed E-state index contributed by atoms with van der Waals surface area (Å²) in [6.45, 7) is -0.219. The molecule has 1 fully saturated rings. The first-order chi connectivity index (χ1) is 14.8. The number of para-hydroxylation sites is 2. The van der Waals surface area contributed by atoms with Crippen molar-refractivity contribution in [2.24, 2.45) is 0 Å². The van der Waals surface area contributed by atoms with Crippen LogP contribution in [0.25, 0.3) is 0 Å². The molecule has 0 atom stereocenters.